The molecule has 18 heavy (non-hydrogen) atoms. The average molecular weight is 264 g/mol. The smallest absolute Gasteiger partial charge is 0.249 e. The molecule has 0 aromatic carbocycles. The fourth-order valence-corrected chi connectivity index (χ4v) is 1.46. The van der Waals surface area contributed by atoms with Crippen molar-refractivity contribution in [1.29, 1.82) is 0 Å². The maximum absolute atomic E-state index is 11.0. The molecule has 0 bridgehead atoms. The van der Waals surface area contributed by atoms with Crippen LogP contribution in [0.2, 0.25) is 0 Å². The molecule has 0 radical (unpaired) electrons. The van der Waals surface area contributed by atoms with Crippen molar-refractivity contribution in [3.63, 3.8) is 0 Å². The van der Waals surface area contributed by atoms with E-state index in [2.05, 4.69) is 0 Å². The van der Waals surface area contributed by atoms with Crippen LogP contribution in [0.25, 0.3) is 0 Å². The van der Waals surface area contributed by atoms with E-state index in [1.54, 1.807) is 0 Å². The number of primary amides is 2. The molecule has 1 aliphatic rings. The zero-order valence-electron chi connectivity index (χ0n) is 9.59. The normalized spacial score (nSPS) is 38.1. The Morgan fingerprint density at radius 3 is 2.17 bits per heavy atom. The van der Waals surface area contributed by atoms with Gasteiger partial charge in [-0.25, -0.2) is 0 Å². The Morgan fingerprint density at radius 1 is 1.17 bits per heavy atom. The third-order valence-electron chi connectivity index (χ3n) is 2.59. The summed E-state index contributed by atoms with van der Waals surface area (Å²) in [6.07, 6.45) is -9.17. The highest BCUT2D eigenvalue weighted by Crippen LogP contribution is 2.22. The SMILES string of the molecule is CC(O[C@H]1OC(C(N)=O)[C@@H](O)C(O)C1O)C(N)=O. The molecule has 1 rings (SSSR count). The van der Waals surface area contributed by atoms with E-state index < -0.39 is 48.6 Å². The average Bonchev–Trinajstić information content (AvgIpc) is 2.29. The van der Waals surface area contributed by atoms with Crippen LogP contribution in [0.3, 0.4) is 0 Å². The van der Waals surface area contributed by atoms with Crippen LogP contribution in [0.15, 0.2) is 0 Å². The molecule has 7 N–H and O–H groups in total. The van der Waals surface area contributed by atoms with Crippen LogP contribution in [-0.2, 0) is 19.1 Å². The van der Waals surface area contributed by atoms with Crippen LogP contribution >= 0.6 is 0 Å². The first-order valence-corrected chi connectivity index (χ1v) is 5.19. The monoisotopic (exact) mass is 264 g/mol. The Morgan fingerprint density at radius 2 is 1.72 bits per heavy atom. The van der Waals surface area contributed by atoms with Gasteiger partial charge in [0.1, 0.15) is 24.4 Å². The summed E-state index contributed by atoms with van der Waals surface area (Å²) in [7, 11) is 0. The Hall–Kier alpha value is -1.26. The molecule has 0 aromatic heterocycles. The number of hydrogen-bond acceptors (Lipinski definition) is 7. The zero-order chi connectivity index (χ0) is 14.0. The minimum absolute atomic E-state index is 0.818. The highest BCUT2D eigenvalue weighted by atomic mass is 16.7. The van der Waals surface area contributed by atoms with E-state index in [0.717, 1.165) is 0 Å². The van der Waals surface area contributed by atoms with Crippen LogP contribution in [0, 0.1) is 0 Å². The van der Waals surface area contributed by atoms with Crippen molar-refractivity contribution >= 4 is 11.8 Å². The van der Waals surface area contributed by atoms with Gasteiger partial charge in [0.15, 0.2) is 12.4 Å². The molecule has 1 aliphatic heterocycles. The summed E-state index contributed by atoms with van der Waals surface area (Å²) in [4.78, 5) is 21.8. The number of hydrogen-bond donors (Lipinski definition) is 5. The van der Waals surface area contributed by atoms with E-state index in [9.17, 15) is 24.9 Å². The summed E-state index contributed by atoms with van der Waals surface area (Å²) in [5.74, 6) is -1.85. The Kier molecular flexibility index (Phi) is 4.59. The predicted octanol–water partition coefficient (Wildman–Crippen LogP) is -3.83. The summed E-state index contributed by atoms with van der Waals surface area (Å²) >= 11 is 0. The van der Waals surface area contributed by atoms with Gasteiger partial charge in [-0.15, -0.1) is 0 Å². The fourth-order valence-electron chi connectivity index (χ4n) is 1.46. The highest BCUT2D eigenvalue weighted by Gasteiger charge is 2.47. The van der Waals surface area contributed by atoms with Crippen LogP contribution in [0.4, 0.5) is 0 Å². The first kappa shape index (κ1) is 14.8. The first-order valence-electron chi connectivity index (χ1n) is 5.19. The summed E-state index contributed by atoms with van der Waals surface area (Å²) in [5.41, 5.74) is 9.90. The second kappa shape index (κ2) is 5.59. The van der Waals surface area contributed by atoms with Crippen molar-refractivity contribution in [3.05, 3.63) is 0 Å². The molecule has 104 valence electrons. The van der Waals surface area contributed by atoms with Crippen LogP contribution in [-0.4, -0.2) is 63.9 Å². The van der Waals surface area contributed by atoms with Gasteiger partial charge in [0.2, 0.25) is 11.8 Å². The van der Waals surface area contributed by atoms with E-state index in [1.807, 2.05) is 0 Å². The third kappa shape index (κ3) is 2.94. The van der Waals surface area contributed by atoms with Gasteiger partial charge in [-0.3, -0.25) is 9.59 Å². The van der Waals surface area contributed by atoms with Gasteiger partial charge >= 0.3 is 0 Å². The number of aliphatic hydroxyl groups excluding tert-OH is 3. The molecule has 9 heteroatoms. The van der Waals surface area contributed by atoms with Gasteiger partial charge in [-0.05, 0) is 6.92 Å². The molecule has 1 heterocycles. The molecular formula is C9H16N2O7. The maximum Gasteiger partial charge on any atom is 0.249 e. The number of carbonyl (C=O) groups is 2. The Labute approximate surface area is 102 Å². The lowest BCUT2D eigenvalue weighted by molar-refractivity contribution is -0.296. The van der Waals surface area contributed by atoms with Crippen LogP contribution in [0.1, 0.15) is 6.92 Å². The molecule has 1 saturated heterocycles. The number of amides is 2. The van der Waals surface area contributed by atoms with Gasteiger partial charge in [0.25, 0.3) is 0 Å². The quantitative estimate of drug-likeness (QED) is 0.347. The lowest BCUT2D eigenvalue weighted by atomic mass is 9.98. The molecular weight excluding hydrogens is 248 g/mol. The zero-order valence-corrected chi connectivity index (χ0v) is 9.59. The number of aliphatic hydroxyl groups is 3. The van der Waals surface area contributed by atoms with Gasteiger partial charge in [0, 0.05) is 0 Å². The summed E-state index contributed by atoms with van der Waals surface area (Å²) < 4.78 is 9.84. The van der Waals surface area contributed by atoms with Gasteiger partial charge in [-0.2, -0.15) is 0 Å². The Bertz CT molecular complexity index is 337. The summed E-state index contributed by atoms with van der Waals surface area (Å²) in [6, 6.07) is 0. The van der Waals surface area contributed by atoms with E-state index in [4.69, 9.17) is 20.9 Å². The van der Waals surface area contributed by atoms with Crippen molar-refractivity contribution in [2.45, 2.75) is 43.7 Å². The summed E-state index contributed by atoms with van der Waals surface area (Å²) in [5, 5.41) is 28.5. The minimum atomic E-state index is -1.69. The van der Waals surface area contributed by atoms with E-state index in [-0.39, 0.29) is 0 Å². The fraction of sp³-hybridized carbons (Fsp3) is 0.778. The lowest BCUT2D eigenvalue weighted by Gasteiger charge is -2.39. The van der Waals surface area contributed by atoms with E-state index in [1.165, 1.54) is 6.92 Å². The largest absolute Gasteiger partial charge is 0.387 e. The van der Waals surface area contributed by atoms with Crippen LogP contribution < -0.4 is 11.5 Å². The van der Waals surface area contributed by atoms with E-state index >= 15 is 0 Å². The first-order chi connectivity index (χ1) is 8.25. The number of rotatable bonds is 4. The lowest BCUT2D eigenvalue weighted by Crippen LogP contribution is -2.62. The van der Waals surface area contributed by atoms with Crippen molar-refractivity contribution in [2.24, 2.45) is 11.5 Å². The molecule has 0 saturated carbocycles. The second-order valence-electron chi connectivity index (χ2n) is 3.98. The van der Waals surface area contributed by atoms with Gasteiger partial charge in [0.05, 0.1) is 0 Å². The van der Waals surface area contributed by atoms with Crippen molar-refractivity contribution < 1.29 is 34.4 Å². The van der Waals surface area contributed by atoms with E-state index in [0.29, 0.717) is 0 Å². The molecule has 6 atom stereocenters. The number of ether oxygens (including phenoxy) is 2. The van der Waals surface area contributed by atoms with Gasteiger partial charge < -0.3 is 36.3 Å². The predicted molar refractivity (Wildman–Crippen MR) is 55.6 cm³/mol. The standard InChI is InChI=1S/C9H16N2O7/c1-2(7(10)15)17-9-5(14)3(12)4(13)6(18-9)8(11)16/h2-6,9,12-14H,1H3,(H2,10,15)(H2,11,16)/t2?,3?,4-,5?,6?,9-/m0/s1. The topological polar surface area (TPSA) is 165 Å². The van der Waals surface area contributed by atoms with Crippen molar-refractivity contribution in [3.8, 4) is 0 Å². The van der Waals surface area contributed by atoms with Crippen LogP contribution in [0.5, 0.6) is 0 Å². The molecule has 0 aromatic rings. The van der Waals surface area contributed by atoms with Gasteiger partial charge in [-0.1, -0.05) is 0 Å². The molecule has 4 unspecified atom stereocenters. The molecule has 0 spiro atoms. The molecule has 1 fully saturated rings. The third-order valence-corrected chi connectivity index (χ3v) is 2.59. The molecule has 0 aliphatic carbocycles. The Balaban J connectivity index is 2.79. The number of carbonyl (C=O) groups excluding carboxylic acids is 2. The van der Waals surface area contributed by atoms with Crippen molar-refractivity contribution in [2.75, 3.05) is 0 Å². The minimum Gasteiger partial charge on any atom is -0.387 e. The molecule has 9 nitrogen and oxygen atoms in total. The van der Waals surface area contributed by atoms with Crippen molar-refractivity contribution in [1.82, 2.24) is 0 Å². The second-order valence-corrected chi connectivity index (χ2v) is 3.98. The molecule has 2 amide bonds. The number of nitrogens with two attached hydrogens (primary N) is 2. The maximum atomic E-state index is 11.0. The highest BCUT2D eigenvalue weighted by molar-refractivity contribution is 5.80. The summed E-state index contributed by atoms with van der Waals surface area (Å²) in [6.45, 7) is 1.30.